The van der Waals surface area contributed by atoms with Crippen LogP contribution in [-0.2, 0) is 4.74 Å². The first-order valence-electron chi connectivity index (χ1n) is 6.65. The highest BCUT2D eigenvalue weighted by atomic mass is 16.5. The Labute approximate surface area is 108 Å². The molecule has 0 radical (unpaired) electrons. The third kappa shape index (κ3) is 3.65. The van der Waals surface area contributed by atoms with Crippen LogP contribution in [0.4, 0.5) is 5.82 Å². The number of nitrogens with zero attached hydrogens (tertiary/aromatic N) is 2. The van der Waals surface area contributed by atoms with Gasteiger partial charge in [0.2, 0.25) is 0 Å². The number of anilines is 1. The van der Waals surface area contributed by atoms with E-state index in [2.05, 4.69) is 28.5 Å². The third-order valence-corrected chi connectivity index (χ3v) is 3.36. The highest BCUT2D eigenvalue weighted by molar-refractivity contribution is 5.33. The average molecular weight is 250 g/mol. The maximum Gasteiger partial charge on any atom is 0.148 e. The van der Waals surface area contributed by atoms with Gasteiger partial charge in [0.1, 0.15) is 5.82 Å². The fourth-order valence-corrected chi connectivity index (χ4v) is 2.01. The maximum absolute atomic E-state index is 5.57. The Morgan fingerprint density at radius 3 is 2.78 bits per heavy atom. The van der Waals surface area contributed by atoms with Crippen molar-refractivity contribution in [2.24, 2.45) is 11.7 Å². The molecule has 5 nitrogen and oxygen atoms in total. The minimum Gasteiger partial charge on any atom is -0.381 e. The monoisotopic (exact) mass is 250 g/mol. The zero-order valence-corrected chi connectivity index (χ0v) is 10.9. The maximum atomic E-state index is 5.57. The van der Waals surface area contributed by atoms with Gasteiger partial charge in [-0.1, -0.05) is 6.92 Å². The standard InChI is InChI=1S/C13H22N4O/c1-10(8-14)9-15-13-3-2-12(16-17-13)11-4-6-18-7-5-11/h2-3,10-11H,4-9,14H2,1H3,(H,15,17). The summed E-state index contributed by atoms with van der Waals surface area (Å²) in [6.45, 7) is 5.29. The summed E-state index contributed by atoms with van der Waals surface area (Å²) in [6, 6.07) is 4.07. The van der Waals surface area contributed by atoms with Crippen LogP contribution in [0, 0.1) is 5.92 Å². The first-order valence-corrected chi connectivity index (χ1v) is 6.65. The van der Waals surface area contributed by atoms with E-state index in [9.17, 15) is 0 Å². The number of ether oxygens (including phenoxy) is 1. The van der Waals surface area contributed by atoms with Crippen molar-refractivity contribution in [1.29, 1.82) is 0 Å². The van der Waals surface area contributed by atoms with Gasteiger partial charge in [0.25, 0.3) is 0 Å². The first kappa shape index (κ1) is 13.2. The lowest BCUT2D eigenvalue weighted by Gasteiger charge is -2.21. The Morgan fingerprint density at radius 2 is 2.17 bits per heavy atom. The number of hydrogen-bond acceptors (Lipinski definition) is 5. The second-order valence-electron chi connectivity index (χ2n) is 4.95. The topological polar surface area (TPSA) is 73.1 Å². The van der Waals surface area contributed by atoms with Gasteiger partial charge in [0.15, 0.2) is 0 Å². The van der Waals surface area contributed by atoms with Crippen molar-refractivity contribution in [2.75, 3.05) is 31.6 Å². The van der Waals surface area contributed by atoms with Crippen molar-refractivity contribution in [3.05, 3.63) is 17.8 Å². The first-order chi connectivity index (χ1) is 8.79. The minimum absolute atomic E-state index is 0.446. The molecule has 3 N–H and O–H groups in total. The lowest BCUT2D eigenvalue weighted by atomic mass is 9.96. The fraction of sp³-hybridized carbons (Fsp3) is 0.692. The highest BCUT2D eigenvalue weighted by Crippen LogP contribution is 2.24. The van der Waals surface area contributed by atoms with E-state index in [4.69, 9.17) is 10.5 Å². The van der Waals surface area contributed by atoms with Crippen molar-refractivity contribution in [1.82, 2.24) is 10.2 Å². The molecule has 18 heavy (non-hydrogen) atoms. The number of hydrogen-bond donors (Lipinski definition) is 2. The summed E-state index contributed by atoms with van der Waals surface area (Å²) in [5.74, 6) is 1.77. The van der Waals surface area contributed by atoms with Gasteiger partial charge in [-0.25, -0.2) is 0 Å². The van der Waals surface area contributed by atoms with Crippen molar-refractivity contribution in [2.45, 2.75) is 25.7 Å². The number of nitrogens with two attached hydrogens (primary N) is 1. The van der Waals surface area contributed by atoms with Crippen molar-refractivity contribution in [3.8, 4) is 0 Å². The second kappa shape index (κ2) is 6.66. The summed E-state index contributed by atoms with van der Waals surface area (Å²) < 4.78 is 5.35. The van der Waals surface area contributed by atoms with E-state index in [1.54, 1.807) is 0 Å². The van der Waals surface area contributed by atoms with Gasteiger partial charge in [-0.2, -0.15) is 5.10 Å². The molecular formula is C13H22N4O. The van der Waals surface area contributed by atoms with Crippen LogP contribution in [0.25, 0.3) is 0 Å². The SMILES string of the molecule is CC(CN)CNc1ccc(C2CCOCC2)nn1. The Balaban J connectivity index is 1.88. The molecule has 0 bridgehead atoms. The van der Waals surface area contributed by atoms with Crippen LogP contribution >= 0.6 is 0 Å². The van der Waals surface area contributed by atoms with E-state index in [1.165, 1.54) is 0 Å². The molecule has 1 aliphatic heterocycles. The smallest absolute Gasteiger partial charge is 0.148 e. The Kier molecular flexibility index (Phi) is 4.90. The van der Waals surface area contributed by atoms with E-state index in [1.807, 2.05) is 6.07 Å². The summed E-state index contributed by atoms with van der Waals surface area (Å²) in [4.78, 5) is 0. The predicted molar refractivity (Wildman–Crippen MR) is 71.5 cm³/mol. The highest BCUT2D eigenvalue weighted by Gasteiger charge is 2.17. The van der Waals surface area contributed by atoms with Crippen molar-refractivity contribution >= 4 is 5.82 Å². The zero-order chi connectivity index (χ0) is 12.8. The van der Waals surface area contributed by atoms with Crippen LogP contribution in [0.2, 0.25) is 0 Å². The zero-order valence-electron chi connectivity index (χ0n) is 10.9. The molecule has 1 atom stereocenters. The molecule has 5 heteroatoms. The fourth-order valence-electron chi connectivity index (χ4n) is 2.01. The summed E-state index contributed by atoms with van der Waals surface area (Å²) in [6.07, 6.45) is 2.09. The Morgan fingerprint density at radius 1 is 1.39 bits per heavy atom. The van der Waals surface area contributed by atoms with Gasteiger partial charge in [-0.3, -0.25) is 0 Å². The normalized spacial score (nSPS) is 18.6. The van der Waals surface area contributed by atoms with Crippen molar-refractivity contribution in [3.63, 3.8) is 0 Å². The lowest BCUT2D eigenvalue weighted by molar-refractivity contribution is 0.0843. The molecule has 1 aromatic rings. The molecule has 1 fully saturated rings. The summed E-state index contributed by atoms with van der Waals surface area (Å²) in [5, 5.41) is 11.8. The number of nitrogens with one attached hydrogen (secondary N) is 1. The quantitative estimate of drug-likeness (QED) is 0.826. The molecule has 2 heterocycles. The van der Waals surface area contributed by atoms with Crippen LogP contribution in [0.15, 0.2) is 12.1 Å². The lowest BCUT2D eigenvalue weighted by Crippen LogP contribution is -2.20. The van der Waals surface area contributed by atoms with Gasteiger partial charge in [0.05, 0.1) is 5.69 Å². The minimum atomic E-state index is 0.446. The van der Waals surface area contributed by atoms with Crippen molar-refractivity contribution < 1.29 is 4.74 Å². The Bertz CT molecular complexity index is 349. The number of rotatable bonds is 5. The molecule has 1 unspecified atom stereocenters. The molecule has 1 aromatic heterocycles. The molecule has 0 amide bonds. The molecule has 0 spiro atoms. The van der Waals surface area contributed by atoms with Crippen LogP contribution in [0.5, 0.6) is 0 Å². The molecule has 100 valence electrons. The average Bonchev–Trinajstić information content (AvgIpc) is 2.46. The van der Waals surface area contributed by atoms with Gasteiger partial charge >= 0.3 is 0 Å². The second-order valence-corrected chi connectivity index (χ2v) is 4.95. The predicted octanol–water partition coefficient (Wildman–Crippen LogP) is 1.38. The molecule has 0 aromatic carbocycles. The molecule has 2 rings (SSSR count). The van der Waals surface area contributed by atoms with Crippen LogP contribution in [0.1, 0.15) is 31.4 Å². The largest absolute Gasteiger partial charge is 0.381 e. The van der Waals surface area contributed by atoms with E-state index >= 15 is 0 Å². The third-order valence-electron chi connectivity index (χ3n) is 3.36. The molecule has 1 aliphatic rings. The van der Waals surface area contributed by atoms with Gasteiger partial charge < -0.3 is 15.8 Å². The van der Waals surface area contributed by atoms with E-state index in [-0.39, 0.29) is 0 Å². The summed E-state index contributed by atoms with van der Waals surface area (Å²) in [7, 11) is 0. The van der Waals surface area contributed by atoms with E-state index in [0.29, 0.717) is 18.4 Å². The number of aromatic nitrogens is 2. The molecular weight excluding hydrogens is 228 g/mol. The van der Waals surface area contributed by atoms with E-state index in [0.717, 1.165) is 44.1 Å². The summed E-state index contributed by atoms with van der Waals surface area (Å²) in [5.41, 5.74) is 6.65. The summed E-state index contributed by atoms with van der Waals surface area (Å²) >= 11 is 0. The van der Waals surface area contributed by atoms with Gasteiger partial charge in [-0.15, -0.1) is 5.10 Å². The molecule has 0 saturated carbocycles. The Hall–Kier alpha value is -1.20. The van der Waals surface area contributed by atoms with Crippen LogP contribution in [0.3, 0.4) is 0 Å². The van der Waals surface area contributed by atoms with E-state index < -0.39 is 0 Å². The molecule has 0 aliphatic carbocycles. The molecule has 1 saturated heterocycles. The van der Waals surface area contributed by atoms with Gasteiger partial charge in [-0.05, 0) is 37.4 Å². The van der Waals surface area contributed by atoms with Crippen LogP contribution in [-0.4, -0.2) is 36.5 Å². The van der Waals surface area contributed by atoms with Gasteiger partial charge in [0, 0.05) is 25.7 Å². The van der Waals surface area contributed by atoms with Crippen LogP contribution < -0.4 is 11.1 Å².